The van der Waals surface area contributed by atoms with Crippen LogP contribution < -0.4 is 4.90 Å². The Morgan fingerprint density at radius 2 is 2.29 bits per heavy atom. The summed E-state index contributed by atoms with van der Waals surface area (Å²) in [6.45, 7) is 6.16. The quantitative estimate of drug-likeness (QED) is 0.751. The van der Waals surface area contributed by atoms with E-state index in [1.807, 2.05) is 6.92 Å². The van der Waals surface area contributed by atoms with Gasteiger partial charge in [0.15, 0.2) is 0 Å². The normalized spacial score (nSPS) is 20.4. The van der Waals surface area contributed by atoms with Crippen LogP contribution >= 0.6 is 0 Å². The van der Waals surface area contributed by atoms with E-state index in [-0.39, 0.29) is 0 Å². The van der Waals surface area contributed by atoms with Gasteiger partial charge in [0.1, 0.15) is 12.1 Å². The van der Waals surface area contributed by atoms with Crippen molar-refractivity contribution in [1.82, 2.24) is 4.98 Å². The Hall–Kier alpha value is -1.38. The van der Waals surface area contributed by atoms with Crippen LogP contribution in [-0.4, -0.2) is 24.4 Å². The summed E-state index contributed by atoms with van der Waals surface area (Å²) in [5.74, 6) is 1.56. The second-order valence-electron chi connectivity index (χ2n) is 4.93. The fraction of sp³-hybridized carbons (Fsp3) is 0.571. The Kier molecular flexibility index (Phi) is 3.77. The number of carbonyl (C=O) groups excluding carboxylic acids is 1. The summed E-state index contributed by atoms with van der Waals surface area (Å²) < 4.78 is 0. The highest BCUT2D eigenvalue weighted by Gasteiger charge is 2.20. The lowest BCUT2D eigenvalue weighted by Gasteiger charge is -2.33. The van der Waals surface area contributed by atoms with Gasteiger partial charge in [-0.05, 0) is 44.2 Å². The SMILES string of the molecule is Cc1ccc(N2CCCC(CC=O)C2)nc1C. The summed E-state index contributed by atoms with van der Waals surface area (Å²) >= 11 is 0. The number of anilines is 1. The van der Waals surface area contributed by atoms with Gasteiger partial charge in [0.05, 0.1) is 0 Å². The van der Waals surface area contributed by atoms with Gasteiger partial charge in [0.2, 0.25) is 0 Å². The van der Waals surface area contributed by atoms with Crippen LogP contribution in [0.25, 0.3) is 0 Å². The Morgan fingerprint density at radius 1 is 1.47 bits per heavy atom. The van der Waals surface area contributed by atoms with Crippen LogP contribution in [0, 0.1) is 19.8 Å². The zero-order valence-electron chi connectivity index (χ0n) is 10.6. The zero-order valence-corrected chi connectivity index (χ0v) is 10.6. The first kappa shape index (κ1) is 12.1. The summed E-state index contributed by atoms with van der Waals surface area (Å²) in [5.41, 5.74) is 2.33. The standard InChI is InChI=1S/C14H20N2O/c1-11-5-6-14(15-12(11)2)16-8-3-4-13(10-16)7-9-17/h5-6,9,13H,3-4,7-8,10H2,1-2H3. The first-order valence-corrected chi connectivity index (χ1v) is 6.33. The van der Waals surface area contributed by atoms with E-state index in [1.54, 1.807) is 0 Å². The van der Waals surface area contributed by atoms with Crippen molar-refractivity contribution in [2.45, 2.75) is 33.1 Å². The Labute approximate surface area is 103 Å². The lowest BCUT2D eigenvalue weighted by molar-refractivity contribution is -0.108. The average Bonchev–Trinajstić information content (AvgIpc) is 2.33. The van der Waals surface area contributed by atoms with Crippen LogP contribution in [0.4, 0.5) is 5.82 Å². The van der Waals surface area contributed by atoms with Crippen molar-refractivity contribution in [1.29, 1.82) is 0 Å². The highest BCUT2D eigenvalue weighted by atomic mass is 16.1. The molecule has 0 aliphatic carbocycles. The second-order valence-corrected chi connectivity index (χ2v) is 4.93. The second kappa shape index (κ2) is 5.30. The topological polar surface area (TPSA) is 33.2 Å². The number of aromatic nitrogens is 1. The maximum absolute atomic E-state index is 10.6. The fourth-order valence-corrected chi connectivity index (χ4v) is 2.40. The van der Waals surface area contributed by atoms with Gasteiger partial charge in [-0.3, -0.25) is 0 Å². The zero-order chi connectivity index (χ0) is 12.3. The Bertz CT molecular complexity index is 403. The summed E-state index contributed by atoms with van der Waals surface area (Å²) in [6, 6.07) is 4.21. The van der Waals surface area contributed by atoms with Crippen molar-refractivity contribution in [3.8, 4) is 0 Å². The van der Waals surface area contributed by atoms with Gasteiger partial charge >= 0.3 is 0 Å². The summed E-state index contributed by atoms with van der Waals surface area (Å²) in [7, 11) is 0. The van der Waals surface area contributed by atoms with Crippen molar-refractivity contribution < 1.29 is 4.79 Å². The highest BCUT2D eigenvalue weighted by molar-refractivity contribution is 5.50. The van der Waals surface area contributed by atoms with Crippen LogP contribution in [-0.2, 0) is 4.79 Å². The van der Waals surface area contributed by atoms with Crippen LogP contribution in [0.15, 0.2) is 12.1 Å². The highest BCUT2D eigenvalue weighted by Crippen LogP contribution is 2.23. The molecular formula is C14H20N2O. The molecule has 0 spiro atoms. The number of aryl methyl sites for hydroxylation is 2. The lowest BCUT2D eigenvalue weighted by atomic mass is 9.95. The van der Waals surface area contributed by atoms with Gasteiger partial charge in [-0.25, -0.2) is 4.98 Å². The van der Waals surface area contributed by atoms with Crippen molar-refractivity contribution in [2.24, 2.45) is 5.92 Å². The number of carbonyl (C=O) groups is 1. The summed E-state index contributed by atoms with van der Waals surface area (Å²) in [6.07, 6.45) is 4.05. The lowest BCUT2D eigenvalue weighted by Crippen LogP contribution is -2.36. The van der Waals surface area contributed by atoms with Crippen LogP contribution in [0.5, 0.6) is 0 Å². The molecule has 1 aromatic rings. The molecule has 1 unspecified atom stereocenters. The summed E-state index contributed by atoms with van der Waals surface area (Å²) in [5, 5.41) is 0. The smallest absolute Gasteiger partial charge is 0.128 e. The molecule has 1 atom stereocenters. The molecule has 1 fully saturated rings. The Balaban J connectivity index is 2.10. The molecule has 0 amide bonds. The van der Waals surface area contributed by atoms with Crippen LogP contribution in [0.2, 0.25) is 0 Å². The van der Waals surface area contributed by atoms with Gasteiger partial charge in [-0.2, -0.15) is 0 Å². The Morgan fingerprint density at radius 3 is 3.00 bits per heavy atom. The van der Waals surface area contributed by atoms with Crippen molar-refractivity contribution in [2.75, 3.05) is 18.0 Å². The third-order valence-electron chi connectivity index (χ3n) is 3.61. The molecule has 0 radical (unpaired) electrons. The van der Waals surface area contributed by atoms with E-state index in [1.165, 1.54) is 12.0 Å². The maximum atomic E-state index is 10.6. The molecule has 0 bridgehead atoms. The van der Waals surface area contributed by atoms with Gasteiger partial charge in [0.25, 0.3) is 0 Å². The first-order chi connectivity index (χ1) is 8.20. The molecule has 17 heavy (non-hydrogen) atoms. The molecule has 3 heteroatoms. The van der Waals surface area contributed by atoms with E-state index in [2.05, 4.69) is 28.9 Å². The maximum Gasteiger partial charge on any atom is 0.128 e. The van der Waals surface area contributed by atoms with E-state index in [0.29, 0.717) is 12.3 Å². The van der Waals surface area contributed by atoms with Crippen LogP contribution in [0.1, 0.15) is 30.5 Å². The predicted molar refractivity (Wildman–Crippen MR) is 69.3 cm³/mol. The minimum Gasteiger partial charge on any atom is -0.356 e. The van der Waals surface area contributed by atoms with E-state index >= 15 is 0 Å². The van der Waals surface area contributed by atoms with E-state index in [0.717, 1.165) is 37.3 Å². The van der Waals surface area contributed by atoms with E-state index < -0.39 is 0 Å². The number of hydrogen-bond donors (Lipinski definition) is 0. The molecule has 1 aliphatic rings. The molecule has 2 rings (SSSR count). The van der Waals surface area contributed by atoms with Gasteiger partial charge in [-0.15, -0.1) is 0 Å². The number of piperidine rings is 1. The molecule has 0 N–H and O–H groups in total. The molecular weight excluding hydrogens is 212 g/mol. The van der Waals surface area contributed by atoms with Gasteiger partial charge in [-0.1, -0.05) is 6.07 Å². The number of pyridine rings is 1. The largest absolute Gasteiger partial charge is 0.356 e. The van der Waals surface area contributed by atoms with Gasteiger partial charge < -0.3 is 9.69 Å². The average molecular weight is 232 g/mol. The third kappa shape index (κ3) is 2.84. The molecule has 0 aromatic carbocycles. The molecule has 0 saturated carbocycles. The molecule has 1 aromatic heterocycles. The van der Waals surface area contributed by atoms with Crippen LogP contribution in [0.3, 0.4) is 0 Å². The number of aldehydes is 1. The molecule has 1 saturated heterocycles. The molecule has 92 valence electrons. The number of rotatable bonds is 3. The van der Waals surface area contributed by atoms with Crippen molar-refractivity contribution in [3.63, 3.8) is 0 Å². The van der Waals surface area contributed by atoms with Crippen molar-refractivity contribution in [3.05, 3.63) is 23.4 Å². The first-order valence-electron chi connectivity index (χ1n) is 6.33. The minimum atomic E-state index is 0.504. The molecule has 1 aliphatic heterocycles. The van der Waals surface area contributed by atoms with E-state index in [4.69, 9.17) is 0 Å². The minimum absolute atomic E-state index is 0.504. The summed E-state index contributed by atoms with van der Waals surface area (Å²) in [4.78, 5) is 17.5. The third-order valence-corrected chi connectivity index (χ3v) is 3.61. The predicted octanol–water partition coefficient (Wildman–Crippen LogP) is 2.50. The molecule has 2 heterocycles. The van der Waals surface area contributed by atoms with Crippen molar-refractivity contribution >= 4 is 12.1 Å². The molecule has 3 nitrogen and oxygen atoms in total. The van der Waals surface area contributed by atoms with E-state index in [9.17, 15) is 4.79 Å². The number of hydrogen-bond acceptors (Lipinski definition) is 3. The van der Waals surface area contributed by atoms with Gasteiger partial charge in [0, 0.05) is 25.2 Å². The number of nitrogens with zero attached hydrogens (tertiary/aromatic N) is 2. The monoisotopic (exact) mass is 232 g/mol. The fourth-order valence-electron chi connectivity index (χ4n) is 2.40.